The molecular formula is C15H21N3O2. The SMILES string of the molecule is O=[N+]([O-])c1ccc(N(CC2CC2)CC2CCCN2)cc1. The normalized spacial score (nSPS) is 21.9. The number of benzene rings is 1. The van der Waals surface area contributed by atoms with E-state index < -0.39 is 0 Å². The van der Waals surface area contributed by atoms with Crippen LogP contribution in [0.5, 0.6) is 0 Å². The number of nitro benzene ring substituents is 1. The van der Waals surface area contributed by atoms with Gasteiger partial charge >= 0.3 is 0 Å². The van der Waals surface area contributed by atoms with Crippen molar-refractivity contribution < 1.29 is 4.92 Å². The first-order valence-corrected chi connectivity index (χ1v) is 7.45. The average molecular weight is 275 g/mol. The molecule has 1 aliphatic heterocycles. The summed E-state index contributed by atoms with van der Waals surface area (Å²) in [5.41, 5.74) is 1.27. The summed E-state index contributed by atoms with van der Waals surface area (Å²) >= 11 is 0. The van der Waals surface area contributed by atoms with Gasteiger partial charge in [-0.15, -0.1) is 0 Å². The quantitative estimate of drug-likeness (QED) is 0.640. The molecule has 1 saturated heterocycles. The van der Waals surface area contributed by atoms with Crippen molar-refractivity contribution in [1.82, 2.24) is 5.32 Å². The monoisotopic (exact) mass is 275 g/mol. The Morgan fingerprint density at radius 3 is 2.50 bits per heavy atom. The first-order chi connectivity index (χ1) is 9.72. The molecule has 3 rings (SSSR count). The van der Waals surface area contributed by atoms with Crippen LogP contribution in [0.15, 0.2) is 24.3 Å². The predicted octanol–water partition coefficient (Wildman–Crippen LogP) is 2.56. The molecule has 20 heavy (non-hydrogen) atoms. The fraction of sp³-hybridized carbons (Fsp3) is 0.600. The zero-order valence-electron chi connectivity index (χ0n) is 11.6. The topological polar surface area (TPSA) is 58.4 Å². The van der Waals surface area contributed by atoms with Crippen molar-refractivity contribution in [1.29, 1.82) is 0 Å². The number of hydrogen-bond donors (Lipinski definition) is 1. The molecule has 108 valence electrons. The van der Waals surface area contributed by atoms with Crippen molar-refractivity contribution >= 4 is 11.4 Å². The predicted molar refractivity (Wildman–Crippen MR) is 79.1 cm³/mol. The third kappa shape index (κ3) is 3.28. The number of non-ortho nitro benzene ring substituents is 1. The number of nitrogens with one attached hydrogen (secondary N) is 1. The van der Waals surface area contributed by atoms with E-state index in [1.807, 2.05) is 12.1 Å². The van der Waals surface area contributed by atoms with Crippen molar-refractivity contribution in [2.75, 3.05) is 24.5 Å². The number of anilines is 1. The standard InChI is InChI=1S/C15H21N3O2/c19-18(20)15-7-5-14(6-8-15)17(10-12-3-4-12)11-13-2-1-9-16-13/h5-8,12-13,16H,1-4,9-11H2. The highest BCUT2D eigenvalue weighted by molar-refractivity contribution is 5.51. The highest BCUT2D eigenvalue weighted by Crippen LogP contribution is 2.32. The second kappa shape index (κ2) is 5.79. The van der Waals surface area contributed by atoms with Gasteiger partial charge in [0, 0.05) is 37.0 Å². The van der Waals surface area contributed by atoms with Gasteiger partial charge in [-0.1, -0.05) is 0 Å². The van der Waals surface area contributed by atoms with E-state index in [0.29, 0.717) is 6.04 Å². The number of hydrogen-bond acceptors (Lipinski definition) is 4. The Hall–Kier alpha value is -1.62. The van der Waals surface area contributed by atoms with E-state index in [1.165, 1.54) is 25.7 Å². The number of rotatable bonds is 6. The number of nitro groups is 1. The van der Waals surface area contributed by atoms with E-state index in [1.54, 1.807) is 12.1 Å². The lowest BCUT2D eigenvalue weighted by Gasteiger charge is -2.28. The van der Waals surface area contributed by atoms with Crippen LogP contribution in [0.4, 0.5) is 11.4 Å². The van der Waals surface area contributed by atoms with Gasteiger partial charge in [-0.25, -0.2) is 0 Å². The summed E-state index contributed by atoms with van der Waals surface area (Å²) in [5, 5.41) is 14.3. The van der Waals surface area contributed by atoms with Crippen molar-refractivity contribution in [2.45, 2.75) is 31.7 Å². The van der Waals surface area contributed by atoms with Gasteiger partial charge in [0.15, 0.2) is 0 Å². The summed E-state index contributed by atoms with van der Waals surface area (Å²) in [4.78, 5) is 12.8. The largest absolute Gasteiger partial charge is 0.370 e. The van der Waals surface area contributed by atoms with Gasteiger partial charge in [0.2, 0.25) is 0 Å². The molecule has 0 radical (unpaired) electrons. The van der Waals surface area contributed by atoms with Gasteiger partial charge in [0.1, 0.15) is 0 Å². The molecule has 5 heteroatoms. The average Bonchev–Trinajstić information content (AvgIpc) is 3.12. The summed E-state index contributed by atoms with van der Waals surface area (Å²) in [6.45, 7) is 3.20. The minimum absolute atomic E-state index is 0.166. The Bertz CT molecular complexity index is 465. The molecule has 1 aliphatic carbocycles. The second-order valence-electron chi connectivity index (χ2n) is 5.92. The molecule has 1 aromatic rings. The van der Waals surface area contributed by atoms with Gasteiger partial charge < -0.3 is 10.2 Å². The molecule has 0 amide bonds. The Morgan fingerprint density at radius 2 is 1.95 bits per heavy atom. The van der Waals surface area contributed by atoms with Gasteiger partial charge in [0.05, 0.1) is 4.92 Å². The van der Waals surface area contributed by atoms with Crippen molar-refractivity contribution in [3.05, 3.63) is 34.4 Å². The summed E-state index contributed by atoms with van der Waals surface area (Å²) in [6.07, 6.45) is 5.12. The van der Waals surface area contributed by atoms with Crippen LogP contribution in [-0.2, 0) is 0 Å². The van der Waals surface area contributed by atoms with Crippen LogP contribution in [0.2, 0.25) is 0 Å². The molecule has 1 N–H and O–H groups in total. The molecule has 1 aromatic carbocycles. The third-order valence-corrected chi connectivity index (χ3v) is 4.20. The van der Waals surface area contributed by atoms with Crippen LogP contribution in [-0.4, -0.2) is 30.6 Å². The van der Waals surface area contributed by atoms with E-state index in [2.05, 4.69) is 10.2 Å². The maximum Gasteiger partial charge on any atom is 0.269 e. The van der Waals surface area contributed by atoms with Crippen molar-refractivity contribution in [3.63, 3.8) is 0 Å². The van der Waals surface area contributed by atoms with E-state index in [-0.39, 0.29) is 10.6 Å². The lowest BCUT2D eigenvalue weighted by atomic mass is 10.1. The van der Waals surface area contributed by atoms with Gasteiger partial charge in [0.25, 0.3) is 5.69 Å². The molecule has 5 nitrogen and oxygen atoms in total. The van der Waals surface area contributed by atoms with Gasteiger partial charge in [-0.05, 0) is 50.3 Å². The molecule has 1 unspecified atom stereocenters. The Kier molecular flexibility index (Phi) is 3.87. The highest BCUT2D eigenvalue weighted by atomic mass is 16.6. The van der Waals surface area contributed by atoms with Crippen LogP contribution in [0.3, 0.4) is 0 Å². The maximum absolute atomic E-state index is 10.7. The van der Waals surface area contributed by atoms with E-state index in [4.69, 9.17) is 0 Å². The molecule has 1 heterocycles. The molecule has 2 aliphatic rings. The second-order valence-corrected chi connectivity index (χ2v) is 5.92. The van der Waals surface area contributed by atoms with Crippen LogP contribution >= 0.6 is 0 Å². The van der Waals surface area contributed by atoms with Crippen LogP contribution < -0.4 is 10.2 Å². The first-order valence-electron chi connectivity index (χ1n) is 7.45. The molecule has 0 spiro atoms. The van der Waals surface area contributed by atoms with E-state index >= 15 is 0 Å². The van der Waals surface area contributed by atoms with Crippen molar-refractivity contribution in [2.24, 2.45) is 5.92 Å². The number of nitrogens with zero attached hydrogens (tertiary/aromatic N) is 2. The lowest BCUT2D eigenvalue weighted by molar-refractivity contribution is -0.384. The first kappa shape index (κ1) is 13.4. The summed E-state index contributed by atoms with van der Waals surface area (Å²) in [7, 11) is 0. The maximum atomic E-state index is 10.7. The summed E-state index contributed by atoms with van der Waals surface area (Å²) < 4.78 is 0. The lowest BCUT2D eigenvalue weighted by Crippen LogP contribution is -2.38. The zero-order chi connectivity index (χ0) is 13.9. The molecule has 2 fully saturated rings. The van der Waals surface area contributed by atoms with E-state index in [9.17, 15) is 10.1 Å². The van der Waals surface area contributed by atoms with Gasteiger partial charge in [-0.3, -0.25) is 10.1 Å². The summed E-state index contributed by atoms with van der Waals surface area (Å²) in [6, 6.07) is 7.54. The minimum atomic E-state index is -0.340. The Balaban J connectivity index is 1.70. The van der Waals surface area contributed by atoms with Gasteiger partial charge in [-0.2, -0.15) is 0 Å². The molecule has 0 bridgehead atoms. The molecule has 1 saturated carbocycles. The fourth-order valence-electron chi connectivity index (χ4n) is 2.86. The molecule has 1 atom stereocenters. The Labute approximate surface area is 119 Å². The molecule has 0 aromatic heterocycles. The van der Waals surface area contributed by atoms with Crippen molar-refractivity contribution in [3.8, 4) is 0 Å². The Morgan fingerprint density at radius 1 is 1.20 bits per heavy atom. The van der Waals surface area contributed by atoms with E-state index in [0.717, 1.165) is 31.2 Å². The third-order valence-electron chi connectivity index (χ3n) is 4.20. The zero-order valence-corrected chi connectivity index (χ0v) is 11.6. The minimum Gasteiger partial charge on any atom is -0.370 e. The summed E-state index contributed by atoms with van der Waals surface area (Å²) in [5.74, 6) is 0.812. The smallest absolute Gasteiger partial charge is 0.269 e. The van der Waals surface area contributed by atoms with Crippen LogP contribution in [0.1, 0.15) is 25.7 Å². The van der Waals surface area contributed by atoms with Crippen LogP contribution in [0, 0.1) is 16.0 Å². The fourth-order valence-corrected chi connectivity index (χ4v) is 2.86. The highest BCUT2D eigenvalue weighted by Gasteiger charge is 2.26. The molecular weight excluding hydrogens is 254 g/mol. The van der Waals surface area contributed by atoms with Crippen LogP contribution in [0.25, 0.3) is 0 Å².